The van der Waals surface area contributed by atoms with Crippen LogP contribution in [-0.2, 0) is 6.42 Å². The topological polar surface area (TPSA) is 43.3 Å². The normalized spacial score (nSPS) is 9.35. The van der Waals surface area contributed by atoms with Crippen LogP contribution in [0.3, 0.4) is 0 Å². The van der Waals surface area contributed by atoms with Gasteiger partial charge in [0.1, 0.15) is 5.75 Å². The number of rotatable bonds is 8. The van der Waals surface area contributed by atoms with Crippen LogP contribution >= 0.6 is 0 Å². The molecule has 0 fully saturated rings. The number of unbranched alkanes of at least 4 members (excludes halogenated alkanes) is 6. The van der Waals surface area contributed by atoms with Gasteiger partial charge >= 0.3 is 29.6 Å². The quantitative estimate of drug-likeness (QED) is 0.574. The Labute approximate surface area is 146 Å². The molecule has 3 heteroatoms. The van der Waals surface area contributed by atoms with Crippen molar-refractivity contribution in [1.82, 2.24) is 0 Å². The van der Waals surface area contributed by atoms with E-state index in [4.69, 9.17) is 5.11 Å². The number of hydrogen-bond acceptors (Lipinski definition) is 2. The first kappa shape index (κ1) is 22.3. The van der Waals surface area contributed by atoms with E-state index in [1.54, 1.807) is 13.0 Å². The Kier molecular flexibility index (Phi) is 19.0. The molecule has 0 aromatic heterocycles. The Bertz CT molecular complexity index is 303. The van der Waals surface area contributed by atoms with Gasteiger partial charge in [-0.2, -0.15) is 0 Å². The summed E-state index contributed by atoms with van der Waals surface area (Å²) in [6.07, 6.45) is 10.3. The minimum atomic E-state index is 0. The molecule has 1 N–H and O–H groups in total. The van der Waals surface area contributed by atoms with E-state index in [9.17, 15) is 5.11 Å². The van der Waals surface area contributed by atoms with E-state index >= 15 is 0 Å². The van der Waals surface area contributed by atoms with Gasteiger partial charge in [-0.3, -0.25) is 0 Å². The Morgan fingerprint density at radius 1 is 0.900 bits per heavy atom. The summed E-state index contributed by atoms with van der Waals surface area (Å²) in [5, 5.41) is 18.5. The zero-order chi connectivity index (χ0) is 14.3. The van der Waals surface area contributed by atoms with Crippen molar-refractivity contribution in [1.29, 1.82) is 0 Å². The Hall–Kier alpha value is -0.0200. The van der Waals surface area contributed by atoms with Crippen molar-refractivity contribution in [3.8, 4) is 5.75 Å². The monoisotopic (exact) mass is 288 g/mol. The minimum Gasteiger partial charge on any atom is -0.855 e. The number of aromatic hydroxyl groups is 1. The van der Waals surface area contributed by atoms with E-state index in [1.165, 1.54) is 44.9 Å². The van der Waals surface area contributed by atoms with E-state index in [1.807, 2.05) is 18.2 Å². The number of hydrogen-bond donors (Lipinski definition) is 1. The van der Waals surface area contributed by atoms with E-state index in [0.717, 1.165) is 12.0 Å². The van der Waals surface area contributed by atoms with Gasteiger partial charge in [-0.05, 0) is 24.5 Å². The second-order valence-corrected chi connectivity index (χ2v) is 4.79. The molecule has 0 aliphatic heterocycles. The third-order valence-corrected chi connectivity index (χ3v) is 3.04. The number of aryl methyl sites for hydroxylation is 1. The predicted octanol–water partition coefficient (Wildman–Crippen LogP) is 1.06. The molecule has 0 heterocycles. The first-order chi connectivity index (χ1) is 9.26. The molecule has 0 bridgehead atoms. The second kappa shape index (κ2) is 17.0. The van der Waals surface area contributed by atoms with E-state index in [0.29, 0.717) is 5.75 Å². The van der Waals surface area contributed by atoms with Crippen molar-refractivity contribution in [3.05, 3.63) is 29.8 Å². The zero-order valence-corrected chi connectivity index (χ0v) is 15.5. The molecule has 0 atom stereocenters. The fourth-order valence-electron chi connectivity index (χ4n) is 1.99. The fourth-order valence-corrected chi connectivity index (χ4v) is 1.99. The molecule has 1 rings (SSSR count). The molecule has 0 aliphatic carbocycles. The maximum Gasteiger partial charge on any atom is 1.00 e. The summed E-state index contributed by atoms with van der Waals surface area (Å²) in [7, 11) is 0. The van der Waals surface area contributed by atoms with Crippen LogP contribution in [0, 0.1) is 0 Å². The van der Waals surface area contributed by atoms with E-state index < -0.39 is 0 Å². The molecule has 0 saturated heterocycles. The molecule has 0 spiro atoms. The van der Waals surface area contributed by atoms with E-state index in [-0.39, 0.29) is 36.2 Å². The first-order valence-corrected chi connectivity index (χ1v) is 7.61. The third kappa shape index (κ3) is 13.0. The van der Waals surface area contributed by atoms with Gasteiger partial charge in [0.15, 0.2) is 0 Å². The van der Waals surface area contributed by atoms with Crippen LogP contribution in [0.25, 0.3) is 0 Å². The molecule has 1 aromatic rings. The van der Waals surface area contributed by atoms with Crippen LogP contribution in [-0.4, -0.2) is 11.7 Å². The van der Waals surface area contributed by atoms with Crippen molar-refractivity contribution < 1.29 is 39.8 Å². The summed E-state index contributed by atoms with van der Waals surface area (Å²) in [5.74, 6) is 0.452. The van der Waals surface area contributed by atoms with Crippen LogP contribution in [0.4, 0.5) is 0 Å². The number of benzene rings is 1. The Balaban J connectivity index is 0. The first-order valence-electron chi connectivity index (χ1n) is 7.61. The van der Waals surface area contributed by atoms with Gasteiger partial charge < -0.3 is 10.2 Å². The summed E-state index contributed by atoms with van der Waals surface area (Å²) >= 11 is 0. The molecule has 20 heavy (non-hydrogen) atoms. The van der Waals surface area contributed by atoms with Gasteiger partial charge in [0.2, 0.25) is 0 Å². The van der Waals surface area contributed by atoms with Gasteiger partial charge in [-0.15, -0.1) is 6.61 Å². The molecule has 0 saturated carbocycles. The van der Waals surface area contributed by atoms with E-state index in [2.05, 4.69) is 6.92 Å². The third-order valence-electron chi connectivity index (χ3n) is 3.04. The largest absolute Gasteiger partial charge is 1.00 e. The van der Waals surface area contributed by atoms with Gasteiger partial charge in [-0.1, -0.05) is 70.6 Å². The standard InChI is InChI=1S/C15H24O.C2H5O.Na/c1-2-3-4-5-6-7-8-11-14-12-9-10-13-15(14)16;1-2-3;/h9-10,12-13,16H,2-8,11H2,1H3;2H2,1H3;/q;-1;+1. The van der Waals surface area contributed by atoms with Crippen LogP contribution in [0.15, 0.2) is 24.3 Å². The summed E-state index contributed by atoms with van der Waals surface area (Å²) in [6.45, 7) is 3.82. The molecule has 0 amide bonds. The fraction of sp³-hybridized carbons (Fsp3) is 0.647. The van der Waals surface area contributed by atoms with Crippen molar-refractivity contribution in [2.24, 2.45) is 0 Å². The van der Waals surface area contributed by atoms with Gasteiger partial charge in [0, 0.05) is 0 Å². The Morgan fingerprint density at radius 2 is 1.40 bits per heavy atom. The van der Waals surface area contributed by atoms with Crippen LogP contribution in [0.2, 0.25) is 0 Å². The summed E-state index contributed by atoms with van der Waals surface area (Å²) in [4.78, 5) is 0. The second-order valence-electron chi connectivity index (χ2n) is 4.79. The van der Waals surface area contributed by atoms with Crippen LogP contribution in [0.1, 0.15) is 64.4 Å². The molecule has 0 unspecified atom stereocenters. The van der Waals surface area contributed by atoms with Crippen LogP contribution < -0.4 is 34.7 Å². The smallest absolute Gasteiger partial charge is 0.855 e. The van der Waals surface area contributed by atoms with Gasteiger partial charge in [-0.25, -0.2) is 0 Å². The molecule has 2 nitrogen and oxygen atoms in total. The van der Waals surface area contributed by atoms with Gasteiger partial charge in [0.05, 0.1) is 0 Å². The summed E-state index contributed by atoms with van der Waals surface area (Å²) in [5.41, 5.74) is 1.09. The molecule has 1 aromatic carbocycles. The van der Waals surface area contributed by atoms with Crippen molar-refractivity contribution in [3.63, 3.8) is 0 Å². The summed E-state index contributed by atoms with van der Waals surface area (Å²) < 4.78 is 0. The average Bonchev–Trinajstić information content (AvgIpc) is 2.41. The number of para-hydroxylation sites is 1. The zero-order valence-electron chi connectivity index (χ0n) is 13.5. The average molecular weight is 288 g/mol. The SMILES string of the molecule is CCCCCCCCCc1ccccc1O.CC[O-].[Na+]. The Morgan fingerprint density at radius 3 is 1.95 bits per heavy atom. The molecule has 110 valence electrons. The maximum absolute atomic E-state index is 9.58. The molecule has 0 radical (unpaired) electrons. The predicted molar refractivity (Wildman–Crippen MR) is 80.3 cm³/mol. The minimum absolute atomic E-state index is 0. The maximum atomic E-state index is 9.58. The number of phenols is 1. The summed E-state index contributed by atoms with van der Waals surface area (Å²) in [6, 6.07) is 7.67. The molecular weight excluding hydrogens is 259 g/mol. The molecular formula is C17H29NaO2. The van der Waals surface area contributed by atoms with Crippen molar-refractivity contribution in [2.45, 2.75) is 65.2 Å². The van der Waals surface area contributed by atoms with Crippen molar-refractivity contribution in [2.75, 3.05) is 6.61 Å². The van der Waals surface area contributed by atoms with Crippen molar-refractivity contribution >= 4 is 0 Å². The number of phenolic OH excluding ortho intramolecular Hbond substituents is 1. The molecule has 0 aliphatic rings. The van der Waals surface area contributed by atoms with Gasteiger partial charge in [0.25, 0.3) is 0 Å². The van der Waals surface area contributed by atoms with Crippen LogP contribution in [0.5, 0.6) is 5.75 Å².